The molecule has 4 rings (SSSR count). The molecule has 0 aliphatic rings. The van der Waals surface area contributed by atoms with Crippen molar-refractivity contribution in [2.75, 3.05) is 32.2 Å². The molecule has 4 aromatic rings. The maximum atomic E-state index is 13.7. The summed E-state index contributed by atoms with van der Waals surface area (Å²) in [6, 6.07) is 23.0. The Hall–Kier alpha value is -6.14. The lowest BCUT2D eigenvalue weighted by molar-refractivity contribution is -0.697. The third kappa shape index (κ3) is 21.6. The van der Waals surface area contributed by atoms with Crippen molar-refractivity contribution in [2.45, 2.75) is 147 Å². The van der Waals surface area contributed by atoms with Crippen LogP contribution >= 0.6 is 17.0 Å². The average Bonchev–Trinajstić information content (AvgIpc) is 3.31. The molecule has 0 amide bonds. The van der Waals surface area contributed by atoms with Crippen molar-refractivity contribution in [3.8, 4) is 17.2 Å². The molecule has 0 saturated carbocycles. The van der Waals surface area contributed by atoms with E-state index in [9.17, 15) is 76.3 Å². The fourth-order valence-corrected chi connectivity index (χ4v) is 6.74. The van der Waals surface area contributed by atoms with E-state index in [0.29, 0.717) is 47.1 Å². The standard InChI is InChI=1S/C31H31N2O5.C19H23F13O4.6CH4.BrH/c1-22-5-7-24(8-6-22)30(34)37-28-13-14-29(23(2)21-28)38-31(35)25-9-11-27(12-10-25)36-20-19-33-17-15-26(16-18-33)32(3)4;1-4-11(8-9(2)7-10(3)12(33)34)13(35)36-6-5-14(20,21)15(22,23)16(24,25)17(26,27)18(28,29)19(30,31)32;;;;;;;/h5-18,21H,19-20H2,1-4H3;9-11H,4-8H2,1-3H3,(H,33,34);6*1H4;1H/q+1;;;;;;;;. The van der Waals surface area contributed by atoms with Crippen LogP contribution in [0.15, 0.2) is 91.3 Å². The monoisotopic (exact) mass is 1250 g/mol. The van der Waals surface area contributed by atoms with Crippen LogP contribution in [-0.2, 0) is 20.9 Å². The Morgan fingerprint density at radius 2 is 1.09 bits per heavy atom. The molecule has 25 heteroatoms. The number of aryl methyl sites for hydroxylation is 2. The Morgan fingerprint density at radius 1 is 0.617 bits per heavy atom. The lowest BCUT2D eigenvalue weighted by atomic mass is 9.87. The number of nitrogens with zero attached hydrogens (tertiary/aromatic N) is 2. The highest BCUT2D eigenvalue weighted by Gasteiger charge is 2.90. The van der Waals surface area contributed by atoms with Crippen LogP contribution in [0.5, 0.6) is 17.2 Å². The summed E-state index contributed by atoms with van der Waals surface area (Å²) in [5.74, 6) is -41.8. The van der Waals surface area contributed by atoms with Gasteiger partial charge in [0.05, 0.1) is 36.0 Å². The first kappa shape index (κ1) is 83.7. The summed E-state index contributed by atoms with van der Waals surface area (Å²) < 4.78 is 193. The summed E-state index contributed by atoms with van der Waals surface area (Å²) in [5.41, 5.74) is 3.74. The largest absolute Gasteiger partial charge is 0.487 e. The van der Waals surface area contributed by atoms with Gasteiger partial charge in [0, 0.05) is 31.9 Å². The van der Waals surface area contributed by atoms with Crippen LogP contribution in [0.1, 0.15) is 123 Å². The van der Waals surface area contributed by atoms with Crippen molar-refractivity contribution in [1.29, 1.82) is 0 Å². The number of carbonyl (C=O) groups excluding carboxylic acids is 3. The number of carboxylic acid groups (broad SMARTS) is 1. The minimum Gasteiger partial charge on any atom is -0.487 e. The first-order valence-corrected chi connectivity index (χ1v) is 22.5. The second-order valence-corrected chi connectivity index (χ2v) is 17.5. The van der Waals surface area contributed by atoms with Crippen LogP contribution in [0.2, 0.25) is 0 Å². The highest BCUT2D eigenvalue weighted by atomic mass is 79.9. The molecule has 1 N–H and O–H groups in total. The maximum Gasteiger partial charge on any atom is 0.460 e. The van der Waals surface area contributed by atoms with Gasteiger partial charge < -0.3 is 29.0 Å². The highest BCUT2D eigenvalue weighted by molar-refractivity contribution is 8.93. The molecule has 81 heavy (non-hydrogen) atoms. The van der Waals surface area contributed by atoms with E-state index >= 15 is 0 Å². The van der Waals surface area contributed by atoms with Crippen molar-refractivity contribution in [3.63, 3.8) is 0 Å². The van der Waals surface area contributed by atoms with Crippen LogP contribution in [0.25, 0.3) is 0 Å². The van der Waals surface area contributed by atoms with E-state index < -0.39 is 90.4 Å². The predicted octanol–water partition coefficient (Wildman–Crippen LogP) is 16.4. The Labute approximate surface area is 477 Å². The highest BCUT2D eigenvalue weighted by Crippen LogP contribution is 2.60. The van der Waals surface area contributed by atoms with E-state index in [2.05, 4.69) is 9.30 Å². The van der Waals surface area contributed by atoms with E-state index in [-0.39, 0.29) is 80.8 Å². The van der Waals surface area contributed by atoms with Gasteiger partial charge in [-0.3, -0.25) is 9.59 Å². The number of carboxylic acids is 1. The normalized spacial score (nSPS) is 12.4. The fourth-order valence-electron chi connectivity index (χ4n) is 6.74. The van der Waals surface area contributed by atoms with Crippen LogP contribution in [-0.4, -0.2) is 92.1 Å². The number of benzene rings is 3. The maximum absolute atomic E-state index is 13.7. The number of rotatable bonds is 23. The van der Waals surface area contributed by atoms with E-state index in [4.69, 9.17) is 19.3 Å². The van der Waals surface area contributed by atoms with Gasteiger partial charge in [0.25, 0.3) is 0 Å². The number of hydrogen-bond acceptors (Lipinski definition) is 9. The number of aromatic nitrogens is 1. The van der Waals surface area contributed by atoms with Gasteiger partial charge in [-0.25, -0.2) is 14.2 Å². The molecule has 0 saturated heterocycles. The van der Waals surface area contributed by atoms with Crippen molar-refractivity contribution < 1.29 is 105 Å². The number of halogens is 14. The second-order valence-electron chi connectivity index (χ2n) is 17.5. The number of esters is 3. The Bertz CT molecular complexity index is 2520. The number of carbonyl (C=O) groups is 4. The lowest BCUT2D eigenvalue weighted by Crippen LogP contribution is -2.70. The van der Waals surface area contributed by atoms with Gasteiger partial charge in [-0.15, -0.1) is 17.0 Å². The summed E-state index contributed by atoms with van der Waals surface area (Å²) in [7, 11) is 4.01. The number of anilines is 1. The van der Waals surface area contributed by atoms with Gasteiger partial charge in [0.2, 0.25) is 0 Å². The van der Waals surface area contributed by atoms with E-state index in [1.54, 1.807) is 61.5 Å². The van der Waals surface area contributed by atoms with E-state index in [1.807, 2.05) is 62.6 Å². The number of pyridine rings is 1. The molecule has 3 unspecified atom stereocenters. The molecule has 3 atom stereocenters. The second kappa shape index (κ2) is 34.3. The minimum atomic E-state index is -7.99. The number of ether oxygens (including phenoxy) is 4. The van der Waals surface area contributed by atoms with Gasteiger partial charge in [0.1, 0.15) is 23.9 Å². The zero-order chi connectivity index (χ0) is 56.2. The van der Waals surface area contributed by atoms with Crippen LogP contribution in [0, 0.1) is 31.6 Å². The summed E-state index contributed by atoms with van der Waals surface area (Å²) in [6.45, 7) is 7.39. The SMILES string of the molecule is Br.C.C.C.C.C.C.CCC(CC(C)CC(C)C(=O)O)C(=O)OCCC(F)(F)C(F)(F)C(F)(F)C(F)(F)C(F)(F)C(F)(F)F.Cc1ccc(C(=O)Oc2ccc(OC(=O)c3ccc(OCC[n+]4ccc(N(C)C)cc4)cc3)c(C)c2)cc1. The summed E-state index contributed by atoms with van der Waals surface area (Å²) in [5, 5.41) is 8.86. The molecule has 0 bridgehead atoms. The average molecular weight is 1250 g/mol. The lowest BCUT2D eigenvalue weighted by Gasteiger charge is -2.39. The Balaban J connectivity index is -0.000000439. The summed E-state index contributed by atoms with van der Waals surface area (Å²) in [4.78, 5) is 49.9. The smallest absolute Gasteiger partial charge is 0.460 e. The van der Waals surface area contributed by atoms with Gasteiger partial charge in [-0.1, -0.05) is 83.0 Å². The van der Waals surface area contributed by atoms with Crippen molar-refractivity contribution >= 4 is 46.5 Å². The number of aliphatic carboxylic acids is 1. The zero-order valence-electron chi connectivity index (χ0n) is 41.3. The van der Waals surface area contributed by atoms with Gasteiger partial charge in [-0.05, 0) is 99.2 Å². The van der Waals surface area contributed by atoms with Crippen LogP contribution in [0.3, 0.4) is 0 Å². The number of hydrogen-bond donors (Lipinski definition) is 1. The molecular formula is C56H79BrF13N2O9+. The third-order valence-electron chi connectivity index (χ3n) is 11.3. The summed E-state index contributed by atoms with van der Waals surface area (Å²) >= 11 is 0. The van der Waals surface area contributed by atoms with E-state index in [1.165, 1.54) is 20.8 Å². The van der Waals surface area contributed by atoms with Crippen molar-refractivity contribution in [2.24, 2.45) is 17.8 Å². The Kier molecular flexibility index (Phi) is 35.5. The molecule has 11 nitrogen and oxygen atoms in total. The molecule has 464 valence electrons. The molecule has 0 fully saturated rings. The molecule has 3 aromatic carbocycles. The minimum absolute atomic E-state index is 0. The fraction of sp³-hybridized carbons (Fsp3) is 0.518. The zero-order valence-corrected chi connectivity index (χ0v) is 43.0. The topological polar surface area (TPSA) is 133 Å². The quantitative estimate of drug-likeness (QED) is 0.0331. The molecule has 1 aromatic heterocycles. The van der Waals surface area contributed by atoms with Gasteiger partial charge in [0.15, 0.2) is 18.9 Å². The predicted molar refractivity (Wildman–Crippen MR) is 291 cm³/mol. The summed E-state index contributed by atoms with van der Waals surface area (Å²) in [6.07, 6.45) is -6.13. The molecule has 0 radical (unpaired) electrons. The number of alkyl halides is 13. The first-order valence-electron chi connectivity index (χ1n) is 22.5. The first-order chi connectivity index (χ1) is 34.1. The third-order valence-corrected chi connectivity index (χ3v) is 11.3. The van der Waals surface area contributed by atoms with Crippen molar-refractivity contribution in [3.05, 3.63) is 114 Å². The van der Waals surface area contributed by atoms with Gasteiger partial charge >= 0.3 is 59.7 Å². The molecule has 0 aliphatic carbocycles. The van der Waals surface area contributed by atoms with Gasteiger partial charge in [-0.2, -0.15) is 57.1 Å². The molecular weight excluding hydrogens is 1170 g/mol. The molecule has 0 spiro atoms. The Morgan fingerprint density at radius 3 is 1.54 bits per heavy atom. The van der Waals surface area contributed by atoms with Crippen LogP contribution in [0.4, 0.5) is 62.8 Å². The van der Waals surface area contributed by atoms with Crippen LogP contribution < -0.4 is 23.7 Å². The van der Waals surface area contributed by atoms with Crippen molar-refractivity contribution in [1.82, 2.24) is 0 Å². The van der Waals surface area contributed by atoms with E-state index in [0.717, 1.165) is 11.3 Å². The molecule has 0 aliphatic heterocycles. The molecule has 1 heterocycles.